The molecule has 90 valence electrons. The zero-order valence-corrected chi connectivity index (χ0v) is 10.2. The number of sulfonamides is 1. The molecule has 0 aromatic rings. The molecule has 6 heteroatoms. The third-order valence-electron chi connectivity index (χ3n) is 2.55. The van der Waals surface area contributed by atoms with Crippen molar-refractivity contribution < 1.29 is 13.2 Å². The lowest BCUT2D eigenvalue weighted by molar-refractivity contribution is 0.198. The Labute approximate surface area is 91.8 Å². The maximum atomic E-state index is 11.9. The fourth-order valence-electron chi connectivity index (χ4n) is 1.74. The Balaban J connectivity index is 2.51. The largest absolute Gasteiger partial charge is 0.385 e. The van der Waals surface area contributed by atoms with Crippen molar-refractivity contribution in [2.75, 3.05) is 39.1 Å². The zero-order chi connectivity index (χ0) is 11.3. The first-order chi connectivity index (χ1) is 7.08. The van der Waals surface area contributed by atoms with E-state index in [1.54, 1.807) is 11.4 Å². The lowest BCUT2D eigenvalue weighted by Gasteiger charge is -2.32. The molecular weight excluding hydrogens is 216 g/mol. The van der Waals surface area contributed by atoms with E-state index in [4.69, 9.17) is 4.74 Å². The highest BCUT2D eigenvalue weighted by atomic mass is 32.2. The molecule has 1 saturated heterocycles. The minimum atomic E-state index is -3.09. The van der Waals surface area contributed by atoms with Gasteiger partial charge in [-0.15, -0.1) is 0 Å². The van der Waals surface area contributed by atoms with Gasteiger partial charge in [-0.25, -0.2) is 8.42 Å². The van der Waals surface area contributed by atoms with Gasteiger partial charge in [0.1, 0.15) is 0 Å². The van der Waals surface area contributed by atoms with Crippen LogP contribution in [0.3, 0.4) is 0 Å². The molecule has 1 heterocycles. The van der Waals surface area contributed by atoms with Gasteiger partial charge < -0.3 is 10.1 Å². The molecule has 0 aromatic carbocycles. The van der Waals surface area contributed by atoms with E-state index in [2.05, 4.69) is 5.32 Å². The van der Waals surface area contributed by atoms with Crippen LogP contribution in [0.4, 0.5) is 0 Å². The Morgan fingerprint density at radius 3 is 2.87 bits per heavy atom. The summed E-state index contributed by atoms with van der Waals surface area (Å²) in [6, 6.07) is 0.0614. The fourth-order valence-corrected chi connectivity index (χ4v) is 3.45. The van der Waals surface area contributed by atoms with Gasteiger partial charge in [0.05, 0.1) is 5.75 Å². The summed E-state index contributed by atoms with van der Waals surface area (Å²) in [4.78, 5) is 0. The van der Waals surface area contributed by atoms with Gasteiger partial charge in [-0.3, -0.25) is 0 Å². The topological polar surface area (TPSA) is 58.6 Å². The van der Waals surface area contributed by atoms with Gasteiger partial charge in [0.25, 0.3) is 0 Å². The highest BCUT2D eigenvalue weighted by molar-refractivity contribution is 7.89. The molecule has 0 aliphatic carbocycles. The fraction of sp³-hybridized carbons (Fsp3) is 1.00. The number of methoxy groups -OCH3 is 1. The summed E-state index contributed by atoms with van der Waals surface area (Å²) in [7, 11) is -1.51. The molecule has 5 nitrogen and oxygen atoms in total. The molecule has 0 radical (unpaired) electrons. The third kappa shape index (κ3) is 3.71. The van der Waals surface area contributed by atoms with Crippen molar-refractivity contribution in [3.8, 4) is 0 Å². The van der Waals surface area contributed by atoms with Crippen molar-refractivity contribution >= 4 is 10.0 Å². The smallest absolute Gasteiger partial charge is 0.214 e. The summed E-state index contributed by atoms with van der Waals surface area (Å²) in [6.07, 6.45) is 0.565. The SMILES string of the molecule is COCCCS(=O)(=O)N1CCNCC1C. The van der Waals surface area contributed by atoms with E-state index in [1.165, 1.54) is 0 Å². The van der Waals surface area contributed by atoms with Gasteiger partial charge in [0.2, 0.25) is 10.0 Å². The van der Waals surface area contributed by atoms with Crippen LogP contribution >= 0.6 is 0 Å². The number of nitrogens with one attached hydrogen (secondary N) is 1. The van der Waals surface area contributed by atoms with Crippen LogP contribution in [-0.4, -0.2) is 57.9 Å². The normalized spacial score (nSPS) is 24.3. The van der Waals surface area contributed by atoms with Crippen LogP contribution in [0.2, 0.25) is 0 Å². The van der Waals surface area contributed by atoms with Crippen molar-refractivity contribution in [1.82, 2.24) is 9.62 Å². The van der Waals surface area contributed by atoms with E-state index < -0.39 is 10.0 Å². The number of piperazine rings is 1. The summed E-state index contributed by atoms with van der Waals surface area (Å²) in [5.74, 6) is 0.186. The Bertz CT molecular complexity index is 279. The van der Waals surface area contributed by atoms with Crippen LogP contribution in [0.1, 0.15) is 13.3 Å². The molecule has 1 atom stereocenters. The lowest BCUT2D eigenvalue weighted by atomic mass is 10.3. The number of hydrogen-bond acceptors (Lipinski definition) is 4. The maximum Gasteiger partial charge on any atom is 0.214 e. The van der Waals surface area contributed by atoms with Crippen LogP contribution in [0.5, 0.6) is 0 Å². The van der Waals surface area contributed by atoms with Gasteiger partial charge >= 0.3 is 0 Å². The van der Waals surface area contributed by atoms with Crippen molar-refractivity contribution in [1.29, 1.82) is 0 Å². The molecule has 0 aromatic heterocycles. The summed E-state index contributed by atoms with van der Waals surface area (Å²) >= 11 is 0. The summed E-state index contributed by atoms with van der Waals surface area (Å²) < 4.78 is 30.3. The van der Waals surface area contributed by atoms with E-state index in [9.17, 15) is 8.42 Å². The van der Waals surface area contributed by atoms with Gasteiger partial charge in [0, 0.05) is 39.4 Å². The molecule has 1 N–H and O–H groups in total. The van der Waals surface area contributed by atoms with Crippen LogP contribution in [0, 0.1) is 0 Å². The van der Waals surface area contributed by atoms with Crippen LogP contribution in [0.15, 0.2) is 0 Å². The van der Waals surface area contributed by atoms with E-state index in [-0.39, 0.29) is 11.8 Å². The monoisotopic (exact) mass is 236 g/mol. The quantitative estimate of drug-likeness (QED) is 0.663. The Hall–Kier alpha value is -0.170. The number of rotatable bonds is 5. The first kappa shape index (κ1) is 12.9. The van der Waals surface area contributed by atoms with E-state index >= 15 is 0 Å². The number of nitrogens with zero attached hydrogens (tertiary/aromatic N) is 1. The Kier molecular flexibility index (Phi) is 4.98. The first-order valence-electron chi connectivity index (χ1n) is 5.27. The number of ether oxygens (including phenoxy) is 1. The number of hydrogen-bond donors (Lipinski definition) is 1. The summed E-state index contributed by atoms with van der Waals surface area (Å²) in [5.41, 5.74) is 0. The molecule has 1 fully saturated rings. The highest BCUT2D eigenvalue weighted by Crippen LogP contribution is 2.10. The van der Waals surface area contributed by atoms with Crippen LogP contribution < -0.4 is 5.32 Å². The van der Waals surface area contributed by atoms with Crippen molar-refractivity contribution in [2.24, 2.45) is 0 Å². The minimum absolute atomic E-state index is 0.0614. The molecule has 0 spiro atoms. The van der Waals surface area contributed by atoms with Gasteiger partial charge in [-0.05, 0) is 13.3 Å². The predicted molar refractivity (Wildman–Crippen MR) is 59.3 cm³/mol. The van der Waals surface area contributed by atoms with Gasteiger partial charge in [0.15, 0.2) is 0 Å². The van der Waals surface area contributed by atoms with Crippen molar-refractivity contribution in [2.45, 2.75) is 19.4 Å². The van der Waals surface area contributed by atoms with Gasteiger partial charge in [-0.1, -0.05) is 0 Å². The van der Waals surface area contributed by atoms with Crippen molar-refractivity contribution in [3.63, 3.8) is 0 Å². The predicted octanol–water partition coefficient (Wildman–Crippen LogP) is -0.354. The molecule has 0 saturated carbocycles. The average molecular weight is 236 g/mol. The van der Waals surface area contributed by atoms with E-state index in [0.29, 0.717) is 19.6 Å². The van der Waals surface area contributed by atoms with Crippen LogP contribution in [-0.2, 0) is 14.8 Å². The molecule has 15 heavy (non-hydrogen) atoms. The third-order valence-corrected chi connectivity index (χ3v) is 4.61. The second kappa shape index (κ2) is 5.79. The van der Waals surface area contributed by atoms with Crippen LogP contribution in [0.25, 0.3) is 0 Å². The molecule has 0 bridgehead atoms. The second-order valence-corrected chi connectivity index (χ2v) is 5.87. The molecule has 0 amide bonds. The van der Waals surface area contributed by atoms with Crippen molar-refractivity contribution in [3.05, 3.63) is 0 Å². The Morgan fingerprint density at radius 1 is 1.53 bits per heavy atom. The summed E-state index contributed by atoms with van der Waals surface area (Å²) in [5, 5.41) is 3.17. The standard InChI is InChI=1S/C9H20N2O3S/c1-9-8-10-4-5-11(9)15(12,13)7-3-6-14-2/h9-10H,3-8H2,1-2H3. The zero-order valence-electron chi connectivity index (χ0n) is 9.40. The summed E-state index contributed by atoms with van der Waals surface area (Å²) in [6.45, 7) is 4.49. The molecule has 1 aliphatic heterocycles. The average Bonchev–Trinajstić information content (AvgIpc) is 2.18. The molecule has 1 rings (SSSR count). The lowest BCUT2D eigenvalue weighted by Crippen LogP contribution is -2.52. The second-order valence-electron chi connectivity index (χ2n) is 3.83. The van der Waals surface area contributed by atoms with E-state index in [0.717, 1.165) is 13.1 Å². The first-order valence-corrected chi connectivity index (χ1v) is 6.88. The molecule has 1 unspecified atom stereocenters. The molecular formula is C9H20N2O3S. The Morgan fingerprint density at radius 2 is 2.27 bits per heavy atom. The minimum Gasteiger partial charge on any atom is -0.385 e. The highest BCUT2D eigenvalue weighted by Gasteiger charge is 2.28. The maximum absolute atomic E-state index is 11.9. The van der Waals surface area contributed by atoms with Gasteiger partial charge in [-0.2, -0.15) is 4.31 Å². The van der Waals surface area contributed by atoms with E-state index in [1.807, 2.05) is 6.92 Å². The molecule has 1 aliphatic rings.